The number of halogens is 1. The van der Waals surface area contributed by atoms with Gasteiger partial charge in [-0.1, -0.05) is 0 Å². The van der Waals surface area contributed by atoms with Crippen molar-refractivity contribution in [3.63, 3.8) is 0 Å². The highest BCUT2D eigenvalue weighted by Gasteiger charge is 2.52. The van der Waals surface area contributed by atoms with Gasteiger partial charge in [0.1, 0.15) is 0 Å². The van der Waals surface area contributed by atoms with Crippen molar-refractivity contribution in [2.24, 2.45) is 5.73 Å². The van der Waals surface area contributed by atoms with Crippen molar-refractivity contribution < 1.29 is 19.0 Å². The van der Waals surface area contributed by atoms with E-state index in [9.17, 15) is 9.50 Å². The van der Waals surface area contributed by atoms with Crippen molar-refractivity contribution in [1.82, 2.24) is 0 Å². The molecule has 0 spiro atoms. The molecule has 4 nitrogen and oxygen atoms in total. The van der Waals surface area contributed by atoms with Crippen LogP contribution in [0.1, 0.15) is 25.3 Å². The maximum Gasteiger partial charge on any atom is 0.169 e. The van der Waals surface area contributed by atoms with Crippen molar-refractivity contribution >= 4 is 0 Å². The number of hydrogen-bond acceptors (Lipinski definition) is 4. The Morgan fingerprint density at radius 2 is 2.00 bits per heavy atom. The van der Waals surface area contributed by atoms with Gasteiger partial charge in [0, 0.05) is 17.5 Å². The molecule has 1 aromatic rings. The van der Waals surface area contributed by atoms with Crippen LogP contribution in [-0.4, -0.2) is 25.4 Å². The number of aromatic hydroxyl groups is 1. The smallest absolute Gasteiger partial charge is 0.169 e. The number of ether oxygens (including phenoxy) is 2. The van der Waals surface area contributed by atoms with Crippen molar-refractivity contribution in [3.8, 4) is 17.2 Å². The molecule has 0 aliphatic heterocycles. The molecule has 1 unspecified atom stereocenters. The maximum absolute atomic E-state index is 13.7. The quantitative estimate of drug-likeness (QED) is 0.862. The summed E-state index contributed by atoms with van der Waals surface area (Å²) >= 11 is 0. The molecule has 100 valence electrons. The van der Waals surface area contributed by atoms with Crippen molar-refractivity contribution in [2.45, 2.75) is 31.2 Å². The zero-order valence-corrected chi connectivity index (χ0v) is 10.8. The molecule has 18 heavy (non-hydrogen) atoms. The van der Waals surface area contributed by atoms with E-state index in [4.69, 9.17) is 15.2 Å². The van der Waals surface area contributed by atoms with Gasteiger partial charge in [0.2, 0.25) is 0 Å². The number of phenolic OH excluding ortho intramolecular Hbond substituents is 1. The first kappa shape index (κ1) is 13.0. The first-order valence-electron chi connectivity index (χ1n) is 5.87. The molecule has 1 aromatic carbocycles. The van der Waals surface area contributed by atoms with E-state index in [2.05, 4.69) is 0 Å². The highest BCUT2D eigenvalue weighted by molar-refractivity contribution is 5.60. The van der Waals surface area contributed by atoms with E-state index < -0.39 is 11.2 Å². The van der Waals surface area contributed by atoms with Crippen LogP contribution < -0.4 is 15.2 Å². The minimum Gasteiger partial charge on any atom is -0.505 e. The van der Waals surface area contributed by atoms with Crippen LogP contribution in [0.5, 0.6) is 17.2 Å². The third-order valence-electron chi connectivity index (χ3n) is 3.75. The average molecular weight is 255 g/mol. The average Bonchev–Trinajstić information content (AvgIpc) is 3.12. The zero-order chi connectivity index (χ0) is 13.5. The number of phenols is 1. The van der Waals surface area contributed by atoms with E-state index in [1.807, 2.05) is 6.92 Å². The maximum atomic E-state index is 13.7. The van der Waals surface area contributed by atoms with Crippen LogP contribution in [0.3, 0.4) is 0 Å². The third kappa shape index (κ3) is 1.70. The number of benzene rings is 1. The number of nitrogens with two attached hydrogens (primary N) is 1. The molecular weight excluding hydrogens is 237 g/mol. The van der Waals surface area contributed by atoms with Crippen LogP contribution in [0.15, 0.2) is 6.07 Å². The number of methoxy groups -OCH3 is 2. The van der Waals surface area contributed by atoms with Crippen LogP contribution in [0.4, 0.5) is 4.39 Å². The van der Waals surface area contributed by atoms with Gasteiger partial charge in [-0.3, -0.25) is 0 Å². The zero-order valence-electron chi connectivity index (χ0n) is 10.8. The molecule has 0 saturated heterocycles. The second-order valence-electron chi connectivity index (χ2n) is 4.76. The highest BCUT2D eigenvalue weighted by Crippen LogP contribution is 2.58. The second kappa shape index (κ2) is 4.31. The minimum atomic E-state index is -0.713. The van der Waals surface area contributed by atoms with E-state index in [-0.39, 0.29) is 17.5 Å². The number of hydrogen-bond donors (Lipinski definition) is 2. The summed E-state index contributed by atoms with van der Waals surface area (Å²) in [6, 6.07) is 0.929. The lowest BCUT2D eigenvalue weighted by atomic mass is 9.87. The molecule has 0 bridgehead atoms. The standard InChI is InChI=1S/C13H18FNO3/c1-7(15)13(4-5-13)10-11(16)8(14)6-9(17-2)12(10)18-3/h6-7,16H,4-5,15H2,1-3H3. The summed E-state index contributed by atoms with van der Waals surface area (Å²) in [5, 5.41) is 9.99. The van der Waals surface area contributed by atoms with E-state index in [1.165, 1.54) is 14.2 Å². The summed E-state index contributed by atoms with van der Waals surface area (Å²) in [4.78, 5) is 0. The molecule has 1 atom stereocenters. The Labute approximate surface area is 106 Å². The molecule has 1 aliphatic rings. The fourth-order valence-electron chi connectivity index (χ4n) is 2.48. The summed E-state index contributed by atoms with van der Waals surface area (Å²) < 4.78 is 24.1. The Morgan fingerprint density at radius 3 is 2.39 bits per heavy atom. The monoisotopic (exact) mass is 255 g/mol. The van der Waals surface area contributed by atoms with Crippen LogP contribution in [0.2, 0.25) is 0 Å². The van der Waals surface area contributed by atoms with Crippen LogP contribution in [0, 0.1) is 5.82 Å². The van der Waals surface area contributed by atoms with Gasteiger partial charge >= 0.3 is 0 Å². The molecule has 1 saturated carbocycles. The first-order valence-corrected chi connectivity index (χ1v) is 5.87. The lowest BCUT2D eigenvalue weighted by Crippen LogP contribution is -2.32. The Morgan fingerprint density at radius 1 is 1.39 bits per heavy atom. The van der Waals surface area contributed by atoms with Gasteiger partial charge in [0.05, 0.1) is 19.8 Å². The fraction of sp³-hybridized carbons (Fsp3) is 0.538. The summed E-state index contributed by atoms with van der Waals surface area (Å²) in [6.45, 7) is 1.85. The van der Waals surface area contributed by atoms with E-state index >= 15 is 0 Å². The second-order valence-corrected chi connectivity index (χ2v) is 4.76. The van der Waals surface area contributed by atoms with Crippen molar-refractivity contribution in [2.75, 3.05) is 14.2 Å². The largest absolute Gasteiger partial charge is 0.505 e. The van der Waals surface area contributed by atoms with Crippen LogP contribution in [-0.2, 0) is 5.41 Å². The topological polar surface area (TPSA) is 64.7 Å². The molecule has 1 aliphatic carbocycles. The summed E-state index contributed by atoms with van der Waals surface area (Å²) in [7, 11) is 2.90. The predicted octanol–water partition coefficient (Wildman–Crippen LogP) is 1.93. The lowest BCUT2D eigenvalue weighted by Gasteiger charge is -2.25. The van der Waals surface area contributed by atoms with E-state index in [0.29, 0.717) is 11.3 Å². The fourth-order valence-corrected chi connectivity index (χ4v) is 2.48. The summed E-state index contributed by atoms with van der Waals surface area (Å²) in [5.74, 6) is -0.460. The van der Waals surface area contributed by atoms with Gasteiger partial charge in [-0.05, 0) is 19.8 Å². The van der Waals surface area contributed by atoms with Gasteiger partial charge in [0.25, 0.3) is 0 Å². The normalized spacial score (nSPS) is 18.3. The Kier molecular flexibility index (Phi) is 3.11. The molecule has 1 fully saturated rings. The summed E-state index contributed by atoms with van der Waals surface area (Å²) in [6.07, 6.45) is 1.61. The molecule has 3 N–H and O–H groups in total. The molecule has 5 heteroatoms. The molecule has 0 amide bonds. The Hall–Kier alpha value is -1.49. The van der Waals surface area contributed by atoms with Gasteiger partial charge in [0.15, 0.2) is 23.1 Å². The van der Waals surface area contributed by atoms with Crippen molar-refractivity contribution in [1.29, 1.82) is 0 Å². The predicted molar refractivity (Wildman–Crippen MR) is 65.7 cm³/mol. The van der Waals surface area contributed by atoms with Crippen molar-refractivity contribution in [3.05, 3.63) is 17.4 Å². The molecule has 0 heterocycles. The van der Waals surface area contributed by atoms with E-state index in [0.717, 1.165) is 18.9 Å². The Balaban J connectivity index is 2.68. The molecule has 0 radical (unpaired) electrons. The first-order chi connectivity index (χ1) is 8.47. The van der Waals surface area contributed by atoms with Crippen LogP contribution >= 0.6 is 0 Å². The molecule has 2 rings (SSSR count). The minimum absolute atomic E-state index is 0.191. The van der Waals surface area contributed by atoms with Crippen LogP contribution in [0.25, 0.3) is 0 Å². The summed E-state index contributed by atoms with van der Waals surface area (Å²) in [5.41, 5.74) is 5.98. The Bertz CT molecular complexity index is 470. The molecular formula is C13H18FNO3. The van der Waals surface area contributed by atoms with Gasteiger partial charge in [-0.25, -0.2) is 4.39 Å². The lowest BCUT2D eigenvalue weighted by molar-refractivity contribution is 0.330. The third-order valence-corrected chi connectivity index (χ3v) is 3.75. The highest BCUT2D eigenvalue weighted by atomic mass is 19.1. The number of rotatable bonds is 4. The van der Waals surface area contributed by atoms with Gasteiger partial charge in [-0.15, -0.1) is 0 Å². The van der Waals surface area contributed by atoms with Gasteiger partial charge in [-0.2, -0.15) is 0 Å². The SMILES string of the molecule is COc1cc(F)c(O)c(C2(C(C)N)CC2)c1OC. The van der Waals surface area contributed by atoms with Gasteiger partial charge < -0.3 is 20.3 Å². The molecule has 0 aromatic heterocycles. The van der Waals surface area contributed by atoms with E-state index in [1.54, 1.807) is 0 Å².